The van der Waals surface area contributed by atoms with Crippen molar-refractivity contribution in [2.75, 3.05) is 0 Å². The molecule has 1 aromatic carbocycles. The van der Waals surface area contributed by atoms with Crippen LogP contribution in [0.3, 0.4) is 0 Å². The molecule has 7 nitrogen and oxygen atoms in total. The maximum Gasteiger partial charge on any atom is 0.264 e. The Morgan fingerprint density at radius 3 is 2.69 bits per heavy atom. The van der Waals surface area contributed by atoms with E-state index in [2.05, 4.69) is 28.8 Å². The van der Waals surface area contributed by atoms with E-state index in [1.807, 2.05) is 34.5 Å². The number of benzene rings is 1. The van der Waals surface area contributed by atoms with Gasteiger partial charge in [0.2, 0.25) is 0 Å². The minimum Gasteiger partial charge on any atom is -0.327 e. The summed E-state index contributed by atoms with van der Waals surface area (Å²) in [4.78, 5) is 27.2. The summed E-state index contributed by atoms with van der Waals surface area (Å²) in [6.07, 6.45) is 10.9. The molecule has 0 aliphatic heterocycles. The molecule has 0 spiro atoms. The van der Waals surface area contributed by atoms with Crippen LogP contribution in [-0.2, 0) is 0 Å². The fourth-order valence-electron chi connectivity index (χ4n) is 4.56. The molecule has 6 rings (SSSR count). The molecule has 0 unspecified atom stereocenters. The van der Waals surface area contributed by atoms with Crippen LogP contribution < -0.4 is 5.56 Å². The first kappa shape index (κ1) is 21.5. The van der Waals surface area contributed by atoms with Crippen molar-refractivity contribution >= 4 is 10.8 Å². The lowest BCUT2D eigenvalue weighted by atomic mass is 10.1. The van der Waals surface area contributed by atoms with E-state index < -0.39 is 5.82 Å². The van der Waals surface area contributed by atoms with E-state index in [-0.39, 0.29) is 11.6 Å². The minimum atomic E-state index is -0.477. The highest BCUT2D eigenvalue weighted by molar-refractivity contribution is 5.85. The number of aryl methyl sites for hydroxylation is 1. The van der Waals surface area contributed by atoms with E-state index >= 15 is 4.39 Å². The molecule has 0 saturated heterocycles. The maximum absolute atomic E-state index is 15.3. The standard InChI is InChI=1S/C27H25FN6O/c1-16(2)33-10-9-29-26(33)22-5-4-6-25(31-22)34-13-21(28)19-11-17(3)24(12-20(19)27(34)35)32-14-23(30-15-32)18-7-8-18/h4-6,9-16,18H,7-8H2,1-3H3. The second-order valence-electron chi connectivity index (χ2n) is 9.45. The van der Waals surface area contributed by atoms with Gasteiger partial charge in [0, 0.05) is 35.9 Å². The van der Waals surface area contributed by atoms with E-state index in [1.165, 1.54) is 10.8 Å². The quantitative estimate of drug-likeness (QED) is 0.349. The summed E-state index contributed by atoms with van der Waals surface area (Å²) >= 11 is 0. The van der Waals surface area contributed by atoms with Gasteiger partial charge in [-0.3, -0.25) is 9.36 Å². The Kier molecular flexibility index (Phi) is 4.91. The highest BCUT2D eigenvalue weighted by atomic mass is 19.1. The predicted molar refractivity (Wildman–Crippen MR) is 133 cm³/mol. The summed E-state index contributed by atoms with van der Waals surface area (Å²) in [7, 11) is 0. The van der Waals surface area contributed by atoms with Gasteiger partial charge in [0.25, 0.3) is 5.56 Å². The van der Waals surface area contributed by atoms with Crippen LogP contribution in [0.4, 0.5) is 4.39 Å². The number of halogens is 1. The molecule has 0 atom stereocenters. The Labute approximate surface area is 201 Å². The van der Waals surface area contributed by atoms with Gasteiger partial charge in [0.05, 0.1) is 29.3 Å². The molecule has 35 heavy (non-hydrogen) atoms. The van der Waals surface area contributed by atoms with Crippen molar-refractivity contribution in [3.8, 4) is 23.0 Å². The Morgan fingerprint density at radius 1 is 1.09 bits per heavy atom. The summed E-state index contributed by atoms with van der Waals surface area (Å²) in [5.41, 5.74) is 3.02. The molecular formula is C27H25FN6O. The van der Waals surface area contributed by atoms with Crippen molar-refractivity contribution < 1.29 is 4.39 Å². The number of imidazole rings is 2. The number of hydrogen-bond acceptors (Lipinski definition) is 4. The molecule has 0 amide bonds. The van der Waals surface area contributed by atoms with Gasteiger partial charge < -0.3 is 9.13 Å². The third-order valence-electron chi connectivity index (χ3n) is 6.60. The predicted octanol–water partition coefficient (Wildman–Crippen LogP) is 5.34. The van der Waals surface area contributed by atoms with Gasteiger partial charge in [-0.25, -0.2) is 19.3 Å². The van der Waals surface area contributed by atoms with Gasteiger partial charge >= 0.3 is 0 Å². The summed E-state index contributed by atoms with van der Waals surface area (Å²) in [5, 5.41) is 0.588. The summed E-state index contributed by atoms with van der Waals surface area (Å²) in [6, 6.07) is 9.02. The van der Waals surface area contributed by atoms with Gasteiger partial charge in [0.15, 0.2) is 5.82 Å². The van der Waals surface area contributed by atoms with Crippen LogP contribution in [-0.4, -0.2) is 28.7 Å². The van der Waals surface area contributed by atoms with Crippen molar-refractivity contribution in [1.29, 1.82) is 0 Å². The molecule has 4 heterocycles. The average molecular weight is 469 g/mol. The van der Waals surface area contributed by atoms with Crippen molar-refractivity contribution in [3.63, 3.8) is 0 Å². The normalized spacial score (nSPS) is 13.7. The zero-order chi connectivity index (χ0) is 24.3. The molecule has 0 bridgehead atoms. The van der Waals surface area contributed by atoms with Gasteiger partial charge in [0.1, 0.15) is 17.3 Å². The Hall–Kier alpha value is -4.07. The fraction of sp³-hybridized carbons (Fsp3) is 0.259. The van der Waals surface area contributed by atoms with Crippen LogP contribution in [0, 0.1) is 12.7 Å². The molecule has 1 aliphatic carbocycles. The van der Waals surface area contributed by atoms with E-state index in [0.717, 1.165) is 29.8 Å². The first-order chi connectivity index (χ1) is 16.9. The number of hydrogen-bond donors (Lipinski definition) is 0. The number of nitrogens with zero attached hydrogens (tertiary/aromatic N) is 6. The third kappa shape index (κ3) is 3.65. The van der Waals surface area contributed by atoms with E-state index in [4.69, 9.17) is 0 Å². The van der Waals surface area contributed by atoms with E-state index in [1.54, 1.807) is 36.8 Å². The zero-order valence-electron chi connectivity index (χ0n) is 19.8. The van der Waals surface area contributed by atoms with E-state index in [0.29, 0.717) is 34.0 Å². The molecule has 176 valence electrons. The van der Waals surface area contributed by atoms with Gasteiger partial charge in [-0.2, -0.15) is 0 Å². The second kappa shape index (κ2) is 8.01. The summed E-state index contributed by atoms with van der Waals surface area (Å²) < 4.78 is 20.5. The third-order valence-corrected chi connectivity index (χ3v) is 6.60. The van der Waals surface area contributed by atoms with Crippen LogP contribution in [0.5, 0.6) is 0 Å². The Morgan fingerprint density at radius 2 is 1.91 bits per heavy atom. The van der Waals surface area contributed by atoms with E-state index in [9.17, 15) is 4.79 Å². The van der Waals surface area contributed by atoms with Crippen LogP contribution >= 0.6 is 0 Å². The van der Waals surface area contributed by atoms with Crippen molar-refractivity contribution in [2.45, 2.75) is 45.6 Å². The number of fused-ring (bicyclic) bond motifs is 1. The smallest absolute Gasteiger partial charge is 0.264 e. The number of aromatic nitrogens is 6. The lowest BCUT2D eigenvalue weighted by Gasteiger charge is -2.14. The molecule has 4 aromatic heterocycles. The van der Waals surface area contributed by atoms with Crippen molar-refractivity contribution in [3.05, 3.63) is 88.9 Å². The second-order valence-corrected chi connectivity index (χ2v) is 9.45. The zero-order valence-corrected chi connectivity index (χ0v) is 19.8. The highest BCUT2D eigenvalue weighted by Crippen LogP contribution is 2.39. The molecular weight excluding hydrogens is 443 g/mol. The average Bonchev–Trinajstić information content (AvgIpc) is 3.37. The molecule has 5 aromatic rings. The topological polar surface area (TPSA) is 70.5 Å². The monoisotopic (exact) mass is 468 g/mol. The van der Waals surface area contributed by atoms with Crippen LogP contribution in [0.1, 0.15) is 49.9 Å². The van der Waals surface area contributed by atoms with Crippen molar-refractivity contribution in [2.24, 2.45) is 0 Å². The molecule has 1 saturated carbocycles. The number of rotatable bonds is 5. The SMILES string of the molecule is Cc1cc2c(F)cn(-c3cccc(-c4nccn4C(C)C)n3)c(=O)c2cc1-n1cnc(C2CC2)c1. The minimum absolute atomic E-state index is 0.198. The molecule has 0 radical (unpaired) electrons. The first-order valence-electron chi connectivity index (χ1n) is 11.8. The highest BCUT2D eigenvalue weighted by Gasteiger charge is 2.26. The maximum atomic E-state index is 15.3. The first-order valence-corrected chi connectivity index (χ1v) is 11.8. The lowest BCUT2D eigenvalue weighted by molar-refractivity contribution is 0.605. The Balaban J connectivity index is 1.49. The Bertz CT molecular complexity index is 1640. The lowest BCUT2D eigenvalue weighted by Crippen LogP contribution is -2.20. The summed E-state index contributed by atoms with van der Waals surface area (Å²) in [6.45, 7) is 6.04. The number of pyridine rings is 2. The fourth-order valence-corrected chi connectivity index (χ4v) is 4.56. The molecule has 1 aliphatic rings. The van der Waals surface area contributed by atoms with Crippen molar-refractivity contribution in [1.82, 2.24) is 28.7 Å². The van der Waals surface area contributed by atoms with Gasteiger partial charge in [-0.15, -0.1) is 0 Å². The van der Waals surface area contributed by atoms with Crippen LogP contribution in [0.15, 0.2) is 66.2 Å². The summed E-state index contributed by atoms with van der Waals surface area (Å²) in [5.74, 6) is 1.08. The molecule has 1 fully saturated rings. The largest absolute Gasteiger partial charge is 0.327 e. The molecule has 0 N–H and O–H groups in total. The van der Waals surface area contributed by atoms with Gasteiger partial charge in [-0.1, -0.05) is 6.07 Å². The van der Waals surface area contributed by atoms with Crippen LogP contribution in [0.25, 0.3) is 33.8 Å². The van der Waals surface area contributed by atoms with Crippen LogP contribution in [0.2, 0.25) is 0 Å². The molecule has 8 heteroatoms. The van der Waals surface area contributed by atoms with Gasteiger partial charge in [-0.05, 0) is 63.4 Å².